The molecule has 0 spiro atoms. The highest BCUT2D eigenvalue weighted by Crippen LogP contribution is 1.63. The van der Waals surface area contributed by atoms with Crippen molar-refractivity contribution in [2.75, 3.05) is 13.1 Å². The van der Waals surface area contributed by atoms with E-state index in [1.54, 1.807) is 6.08 Å². The van der Waals surface area contributed by atoms with Crippen molar-refractivity contribution in [2.45, 2.75) is 6.92 Å². The minimum Gasteiger partial charge on any atom is -0.314 e. The van der Waals surface area contributed by atoms with Crippen molar-refractivity contribution in [3.8, 4) is 0 Å². The Morgan fingerprint density at radius 3 is 2.86 bits per heavy atom. The molecule has 0 aliphatic carbocycles. The second-order valence-corrected chi connectivity index (χ2v) is 1.28. The van der Waals surface area contributed by atoms with Crippen LogP contribution in [-0.4, -0.2) is 13.1 Å². The van der Waals surface area contributed by atoms with Gasteiger partial charge in [-0.15, -0.1) is 0 Å². The fourth-order valence-electron chi connectivity index (χ4n) is 0.311. The SMILES string of the molecule is [CH2]C=CCNCC. The molecule has 7 heavy (non-hydrogen) atoms. The summed E-state index contributed by atoms with van der Waals surface area (Å²) in [6.07, 6.45) is 3.78. The smallest absolute Gasteiger partial charge is 0.0134 e. The fourth-order valence-corrected chi connectivity index (χ4v) is 0.311. The molecule has 0 rings (SSSR count). The molecule has 0 fully saturated rings. The van der Waals surface area contributed by atoms with Gasteiger partial charge in [0, 0.05) is 6.54 Å². The standard InChI is InChI=1S/C6H12N/c1-3-5-6-7-4-2/h3,5,7H,1,4,6H2,2H3. The van der Waals surface area contributed by atoms with Gasteiger partial charge in [0.05, 0.1) is 0 Å². The summed E-state index contributed by atoms with van der Waals surface area (Å²) < 4.78 is 0. The molecule has 1 nitrogen and oxygen atoms in total. The van der Waals surface area contributed by atoms with E-state index in [1.165, 1.54) is 0 Å². The van der Waals surface area contributed by atoms with E-state index in [0.29, 0.717) is 0 Å². The van der Waals surface area contributed by atoms with Crippen LogP contribution < -0.4 is 5.32 Å². The van der Waals surface area contributed by atoms with Crippen molar-refractivity contribution >= 4 is 0 Å². The summed E-state index contributed by atoms with van der Waals surface area (Å²) in [5, 5.41) is 3.12. The Hall–Kier alpha value is -0.300. The third kappa shape index (κ3) is 5.70. The molecule has 1 N–H and O–H groups in total. The summed E-state index contributed by atoms with van der Waals surface area (Å²) in [6.45, 7) is 7.59. The van der Waals surface area contributed by atoms with Crippen molar-refractivity contribution in [1.29, 1.82) is 0 Å². The summed E-state index contributed by atoms with van der Waals surface area (Å²) in [6, 6.07) is 0. The second kappa shape index (κ2) is 5.70. The van der Waals surface area contributed by atoms with E-state index in [-0.39, 0.29) is 0 Å². The lowest BCUT2D eigenvalue weighted by Gasteiger charge is -1.89. The lowest BCUT2D eigenvalue weighted by molar-refractivity contribution is 0.799. The van der Waals surface area contributed by atoms with Crippen LogP contribution in [0.5, 0.6) is 0 Å². The highest BCUT2D eigenvalue weighted by molar-refractivity contribution is 4.85. The van der Waals surface area contributed by atoms with Gasteiger partial charge in [0.1, 0.15) is 0 Å². The molecule has 1 heteroatoms. The molecule has 41 valence electrons. The Kier molecular flexibility index (Phi) is 5.46. The lowest BCUT2D eigenvalue weighted by atomic mass is 10.5. The number of hydrogen-bond donors (Lipinski definition) is 1. The van der Waals surface area contributed by atoms with Crippen LogP contribution in [0.1, 0.15) is 6.92 Å². The van der Waals surface area contributed by atoms with E-state index in [0.717, 1.165) is 13.1 Å². The number of hydrogen-bond acceptors (Lipinski definition) is 1. The molecule has 0 saturated carbocycles. The summed E-state index contributed by atoms with van der Waals surface area (Å²) in [7, 11) is 0. The summed E-state index contributed by atoms with van der Waals surface area (Å²) >= 11 is 0. The maximum absolute atomic E-state index is 3.54. The Labute approximate surface area is 45.4 Å². The van der Waals surface area contributed by atoms with Gasteiger partial charge >= 0.3 is 0 Å². The van der Waals surface area contributed by atoms with Gasteiger partial charge < -0.3 is 5.32 Å². The minimum absolute atomic E-state index is 0.944. The van der Waals surface area contributed by atoms with Gasteiger partial charge in [-0.25, -0.2) is 0 Å². The van der Waals surface area contributed by atoms with Crippen LogP contribution in [-0.2, 0) is 0 Å². The van der Waals surface area contributed by atoms with Crippen LogP contribution in [0.2, 0.25) is 0 Å². The maximum Gasteiger partial charge on any atom is 0.0134 e. The molecule has 0 aromatic heterocycles. The number of allylic oxidation sites excluding steroid dienone is 1. The molecule has 0 unspecified atom stereocenters. The summed E-state index contributed by atoms with van der Waals surface area (Å²) in [5.41, 5.74) is 0. The predicted octanol–water partition coefficient (Wildman–Crippen LogP) is 0.986. The molecule has 0 heterocycles. The van der Waals surface area contributed by atoms with Crippen LogP contribution in [0.4, 0.5) is 0 Å². The van der Waals surface area contributed by atoms with Gasteiger partial charge in [-0.1, -0.05) is 19.1 Å². The van der Waals surface area contributed by atoms with E-state index < -0.39 is 0 Å². The van der Waals surface area contributed by atoms with Gasteiger partial charge in [-0.2, -0.15) is 0 Å². The zero-order valence-electron chi connectivity index (χ0n) is 4.78. The van der Waals surface area contributed by atoms with Crippen molar-refractivity contribution in [1.82, 2.24) is 5.32 Å². The third-order valence-corrected chi connectivity index (χ3v) is 0.679. The Morgan fingerprint density at radius 1 is 1.71 bits per heavy atom. The average Bonchev–Trinajstić information content (AvgIpc) is 1.69. The Morgan fingerprint density at radius 2 is 2.43 bits per heavy atom. The quantitative estimate of drug-likeness (QED) is 0.519. The normalized spacial score (nSPS) is 10.6. The van der Waals surface area contributed by atoms with Crippen molar-refractivity contribution in [2.24, 2.45) is 0 Å². The zero-order chi connectivity index (χ0) is 5.54. The molecule has 0 saturated heterocycles. The van der Waals surface area contributed by atoms with Crippen LogP contribution in [0, 0.1) is 6.92 Å². The van der Waals surface area contributed by atoms with Crippen LogP contribution >= 0.6 is 0 Å². The molecule has 0 bridgehead atoms. The van der Waals surface area contributed by atoms with Gasteiger partial charge in [-0.3, -0.25) is 0 Å². The zero-order valence-corrected chi connectivity index (χ0v) is 4.78. The average molecular weight is 98.2 g/mol. The van der Waals surface area contributed by atoms with E-state index >= 15 is 0 Å². The summed E-state index contributed by atoms with van der Waals surface area (Å²) in [5.74, 6) is 0. The lowest BCUT2D eigenvalue weighted by Crippen LogP contribution is -2.11. The number of likely N-dealkylation sites (N-methyl/N-ethyl adjacent to an activating group) is 1. The Balaban J connectivity index is 2.69. The monoisotopic (exact) mass is 98.1 g/mol. The van der Waals surface area contributed by atoms with E-state index in [4.69, 9.17) is 0 Å². The van der Waals surface area contributed by atoms with E-state index in [1.807, 2.05) is 6.08 Å². The molecule has 0 aromatic carbocycles. The molecule has 0 amide bonds. The largest absolute Gasteiger partial charge is 0.314 e. The van der Waals surface area contributed by atoms with Crippen molar-refractivity contribution in [3.63, 3.8) is 0 Å². The minimum atomic E-state index is 0.944. The first-order valence-corrected chi connectivity index (χ1v) is 2.56. The second-order valence-electron chi connectivity index (χ2n) is 1.28. The van der Waals surface area contributed by atoms with Gasteiger partial charge in [0.15, 0.2) is 0 Å². The van der Waals surface area contributed by atoms with Crippen LogP contribution in [0.15, 0.2) is 12.2 Å². The molecular weight excluding hydrogens is 86.1 g/mol. The molecule has 0 atom stereocenters. The van der Waals surface area contributed by atoms with Gasteiger partial charge in [-0.05, 0) is 13.5 Å². The maximum atomic E-state index is 3.54. The molecule has 0 aliphatic heterocycles. The molecule has 1 radical (unpaired) electrons. The van der Waals surface area contributed by atoms with Crippen LogP contribution in [0.3, 0.4) is 0 Å². The van der Waals surface area contributed by atoms with Crippen molar-refractivity contribution < 1.29 is 0 Å². The third-order valence-electron chi connectivity index (χ3n) is 0.679. The fraction of sp³-hybridized carbons (Fsp3) is 0.500. The summed E-state index contributed by atoms with van der Waals surface area (Å²) in [4.78, 5) is 0. The van der Waals surface area contributed by atoms with E-state index in [9.17, 15) is 0 Å². The van der Waals surface area contributed by atoms with Crippen LogP contribution in [0.25, 0.3) is 0 Å². The van der Waals surface area contributed by atoms with E-state index in [2.05, 4.69) is 19.2 Å². The predicted molar refractivity (Wildman–Crippen MR) is 33.0 cm³/mol. The number of nitrogens with one attached hydrogen (secondary N) is 1. The highest BCUT2D eigenvalue weighted by Gasteiger charge is 1.68. The van der Waals surface area contributed by atoms with Crippen molar-refractivity contribution in [3.05, 3.63) is 19.1 Å². The first-order valence-electron chi connectivity index (χ1n) is 2.56. The topological polar surface area (TPSA) is 12.0 Å². The first-order chi connectivity index (χ1) is 3.41. The number of rotatable bonds is 3. The highest BCUT2D eigenvalue weighted by atomic mass is 14.8. The Bertz CT molecular complexity index is 48.1. The molecule has 0 aliphatic rings. The first kappa shape index (κ1) is 6.70. The van der Waals surface area contributed by atoms with Gasteiger partial charge in [0.2, 0.25) is 0 Å². The molecule has 0 aromatic rings. The molecular formula is C6H12N. The van der Waals surface area contributed by atoms with Gasteiger partial charge in [0.25, 0.3) is 0 Å².